The van der Waals surface area contributed by atoms with Crippen LogP contribution in [0.25, 0.3) is 4.96 Å². The number of aryl methyl sites for hydroxylation is 2. The third-order valence-electron chi connectivity index (χ3n) is 2.09. The lowest BCUT2D eigenvalue weighted by atomic mass is 10.2. The minimum Gasteiger partial charge on any atom is -0.294 e. The summed E-state index contributed by atoms with van der Waals surface area (Å²) < 4.78 is 2.20. The van der Waals surface area contributed by atoms with Crippen LogP contribution in [0.5, 0.6) is 0 Å². The van der Waals surface area contributed by atoms with Crippen LogP contribution < -0.4 is 0 Å². The molecule has 0 N–H and O–H groups in total. The molecule has 0 radical (unpaired) electrons. The van der Waals surface area contributed by atoms with Crippen LogP contribution in [0.4, 0.5) is 0 Å². The Morgan fingerprint density at radius 1 is 1.42 bits per heavy atom. The van der Waals surface area contributed by atoms with E-state index in [2.05, 4.69) is 23.2 Å². The normalized spacial score (nSPS) is 11.2. The molecule has 2 rings (SSSR count). The quantitative estimate of drug-likeness (QED) is 0.694. The first-order valence-electron chi connectivity index (χ1n) is 4.30. The van der Waals surface area contributed by atoms with Gasteiger partial charge in [0, 0.05) is 23.0 Å². The number of imidazole rings is 1. The Kier molecular flexibility index (Phi) is 1.89. The van der Waals surface area contributed by atoms with Crippen LogP contribution in [0.1, 0.15) is 24.4 Å². The molecule has 2 heterocycles. The van der Waals surface area contributed by atoms with Crippen LogP contribution in [0, 0.1) is 0 Å². The van der Waals surface area contributed by atoms with Gasteiger partial charge < -0.3 is 0 Å². The second kappa shape index (κ2) is 2.90. The van der Waals surface area contributed by atoms with Crippen molar-refractivity contribution in [3.63, 3.8) is 0 Å². The van der Waals surface area contributed by atoms with Crippen molar-refractivity contribution in [1.82, 2.24) is 9.38 Å². The molecule has 0 amide bonds. The molecular weight excluding hydrogens is 168 g/mol. The maximum atomic E-state index is 4.28. The van der Waals surface area contributed by atoms with Crippen LogP contribution in [0.3, 0.4) is 0 Å². The number of fused-ring (bicyclic) bond motifs is 1. The lowest BCUT2D eigenvalue weighted by Crippen LogP contribution is -1.90. The van der Waals surface area contributed by atoms with Gasteiger partial charge in [-0.05, 0) is 12.8 Å². The van der Waals surface area contributed by atoms with Gasteiger partial charge in [0.2, 0.25) is 0 Å². The van der Waals surface area contributed by atoms with E-state index in [-0.39, 0.29) is 0 Å². The molecule has 64 valence electrons. The monoisotopic (exact) mass is 180 g/mol. The fraction of sp³-hybridized carbons (Fsp3) is 0.444. The van der Waals surface area contributed by atoms with Crippen molar-refractivity contribution in [2.75, 3.05) is 0 Å². The molecule has 0 saturated heterocycles. The minimum absolute atomic E-state index is 1.10. The third kappa shape index (κ3) is 0.966. The molecule has 0 bridgehead atoms. The van der Waals surface area contributed by atoms with Gasteiger partial charge in [0.15, 0.2) is 4.96 Å². The van der Waals surface area contributed by atoms with Crippen LogP contribution in [-0.2, 0) is 12.8 Å². The highest BCUT2D eigenvalue weighted by molar-refractivity contribution is 7.17. The predicted molar refractivity (Wildman–Crippen MR) is 51.8 cm³/mol. The van der Waals surface area contributed by atoms with E-state index in [1.54, 1.807) is 11.3 Å². The van der Waals surface area contributed by atoms with Crippen LogP contribution >= 0.6 is 11.3 Å². The summed E-state index contributed by atoms with van der Waals surface area (Å²) >= 11 is 1.81. The van der Waals surface area contributed by atoms with Crippen LogP contribution in [0.15, 0.2) is 12.4 Å². The Labute approximate surface area is 75.9 Å². The summed E-state index contributed by atoms with van der Waals surface area (Å²) in [7, 11) is 0. The standard InChI is InChI=1S/C9H12N2S/c1-3-7-8(4-2)12-9-10-5-6-11(7)9/h5-6H,3-4H2,1-2H3. The molecule has 0 aliphatic heterocycles. The molecule has 3 heteroatoms. The highest BCUT2D eigenvalue weighted by Gasteiger charge is 2.08. The molecule has 0 aliphatic carbocycles. The van der Waals surface area contributed by atoms with Crippen molar-refractivity contribution in [2.45, 2.75) is 26.7 Å². The molecule has 0 spiro atoms. The van der Waals surface area contributed by atoms with E-state index in [0.717, 1.165) is 17.8 Å². The van der Waals surface area contributed by atoms with Crippen molar-refractivity contribution in [3.05, 3.63) is 23.0 Å². The predicted octanol–water partition coefficient (Wildman–Crippen LogP) is 2.52. The molecule has 0 unspecified atom stereocenters. The van der Waals surface area contributed by atoms with Crippen molar-refractivity contribution in [2.24, 2.45) is 0 Å². The fourth-order valence-corrected chi connectivity index (χ4v) is 2.63. The van der Waals surface area contributed by atoms with E-state index < -0.39 is 0 Å². The summed E-state index contributed by atoms with van der Waals surface area (Å²) in [6.07, 6.45) is 6.13. The van der Waals surface area contributed by atoms with Crippen LogP contribution in [0.2, 0.25) is 0 Å². The van der Waals surface area contributed by atoms with Gasteiger partial charge in [0.25, 0.3) is 0 Å². The summed E-state index contributed by atoms with van der Waals surface area (Å²) in [5, 5.41) is 0. The number of hydrogen-bond acceptors (Lipinski definition) is 2. The molecule has 2 aromatic heterocycles. The largest absolute Gasteiger partial charge is 0.294 e. The van der Waals surface area contributed by atoms with E-state index in [0.29, 0.717) is 0 Å². The summed E-state index contributed by atoms with van der Waals surface area (Å²) in [4.78, 5) is 6.88. The van der Waals surface area contributed by atoms with Crippen molar-refractivity contribution >= 4 is 16.3 Å². The summed E-state index contributed by atoms with van der Waals surface area (Å²) in [6.45, 7) is 4.39. The maximum absolute atomic E-state index is 4.28. The van der Waals surface area contributed by atoms with E-state index in [1.165, 1.54) is 10.6 Å². The summed E-state index contributed by atoms with van der Waals surface area (Å²) in [5.74, 6) is 0. The zero-order valence-corrected chi connectivity index (χ0v) is 8.19. The van der Waals surface area contributed by atoms with Gasteiger partial charge >= 0.3 is 0 Å². The second-order valence-corrected chi connectivity index (χ2v) is 3.82. The number of thiazole rings is 1. The average Bonchev–Trinajstić information content (AvgIpc) is 2.61. The Balaban J connectivity index is 2.70. The molecule has 2 nitrogen and oxygen atoms in total. The Morgan fingerprint density at radius 2 is 2.25 bits per heavy atom. The van der Waals surface area contributed by atoms with E-state index in [1.807, 2.05) is 12.4 Å². The molecule has 0 aliphatic rings. The maximum Gasteiger partial charge on any atom is 0.194 e. The number of nitrogens with zero attached hydrogens (tertiary/aromatic N) is 2. The zero-order chi connectivity index (χ0) is 8.55. The first kappa shape index (κ1) is 7.80. The lowest BCUT2D eigenvalue weighted by molar-refractivity contribution is 0.961. The zero-order valence-electron chi connectivity index (χ0n) is 7.37. The third-order valence-corrected chi connectivity index (χ3v) is 3.35. The molecule has 0 fully saturated rings. The number of aromatic nitrogens is 2. The highest BCUT2D eigenvalue weighted by atomic mass is 32.1. The van der Waals surface area contributed by atoms with E-state index in [9.17, 15) is 0 Å². The van der Waals surface area contributed by atoms with Crippen molar-refractivity contribution < 1.29 is 0 Å². The van der Waals surface area contributed by atoms with E-state index in [4.69, 9.17) is 0 Å². The number of hydrogen-bond donors (Lipinski definition) is 0. The van der Waals surface area contributed by atoms with Gasteiger partial charge in [0.05, 0.1) is 0 Å². The Morgan fingerprint density at radius 3 is 2.92 bits per heavy atom. The van der Waals surface area contributed by atoms with Gasteiger partial charge in [-0.25, -0.2) is 4.98 Å². The van der Waals surface area contributed by atoms with Gasteiger partial charge in [-0.2, -0.15) is 0 Å². The molecule has 0 saturated carbocycles. The number of rotatable bonds is 2. The molecule has 12 heavy (non-hydrogen) atoms. The van der Waals surface area contributed by atoms with Gasteiger partial charge in [-0.15, -0.1) is 11.3 Å². The minimum atomic E-state index is 1.10. The summed E-state index contributed by atoms with van der Waals surface area (Å²) in [6, 6.07) is 0. The highest BCUT2D eigenvalue weighted by Crippen LogP contribution is 2.22. The first-order chi connectivity index (χ1) is 5.86. The molecule has 0 atom stereocenters. The lowest BCUT2D eigenvalue weighted by Gasteiger charge is -1.96. The van der Waals surface area contributed by atoms with Gasteiger partial charge in [0.1, 0.15) is 0 Å². The Bertz CT molecular complexity index is 386. The molecular formula is C9H12N2S. The Hall–Kier alpha value is -0.830. The fourth-order valence-electron chi connectivity index (χ4n) is 1.52. The molecule has 0 aromatic carbocycles. The van der Waals surface area contributed by atoms with Crippen molar-refractivity contribution in [3.8, 4) is 0 Å². The summed E-state index contributed by atoms with van der Waals surface area (Å²) in [5.41, 5.74) is 1.43. The van der Waals surface area contributed by atoms with Crippen molar-refractivity contribution in [1.29, 1.82) is 0 Å². The smallest absolute Gasteiger partial charge is 0.194 e. The van der Waals surface area contributed by atoms with Gasteiger partial charge in [-0.3, -0.25) is 4.40 Å². The average molecular weight is 180 g/mol. The van der Waals surface area contributed by atoms with Gasteiger partial charge in [-0.1, -0.05) is 13.8 Å². The first-order valence-corrected chi connectivity index (χ1v) is 5.12. The van der Waals surface area contributed by atoms with Crippen LogP contribution in [-0.4, -0.2) is 9.38 Å². The van der Waals surface area contributed by atoms with E-state index >= 15 is 0 Å². The SMILES string of the molecule is CCc1sc2nccn2c1CC. The topological polar surface area (TPSA) is 17.3 Å². The molecule has 2 aromatic rings. The second-order valence-electron chi connectivity index (χ2n) is 2.76.